The lowest BCUT2D eigenvalue weighted by Crippen LogP contribution is -2.17. The summed E-state index contributed by atoms with van der Waals surface area (Å²) in [5.41, 5.74) is 4.96. The molecule has 0 radical (unpaired) electrons. The highest BCUT2D eigenvalue weighted by atomic mass is 14.3. The predicted octanol–water partition coefficient (Wildman–Crippen LogP) is 9.02. The van der Waals surface area contributed by atoms with Gasteiger partial charge in [0.2, 0.25) is 0 Å². The van der Waals surface area contributed by atoms with Crippen molar-refractivity contribution in [2.75, 3.05) is 0 Å². The lowest BCUT2D eigenvalue weighted by molar-refractivity contribution is 0.554. The van der Waals surface area contributed by atoms with E-state index in [1.165, 1.54) is 36.8 Å². The minimum absolute atomic E-state index is 0.223. The van der Waals surface area contributed by atoms with Gasteiger partial charge in [-0.15, -0.1) is 0 Å². The molecule has 1 aromatic carbocycles. The molecule has 0 aliphatic rings. The zero-order valence-electron chi connectivity index (χ0n) is 19.6. The average molecular weight is 349 g/mol. The largest absolute Gasteiger partial charge is 0.0683 e. The molecule has 0 N–H and O–H groups in total. The maximum absolute atomic E-state index is 2.46. The molecule has 0 fully saturated rings. The van der Waals surface area contributed by atoms with Crippen LogP contribution in [0.4, 0.5) is 0 Å². The van der Waals surface area contributed by atoms with Gasteiger partial charge in [0.1, 0.15) is 0 Å². The van der Waals surface area contributed by atoms with Crippen molar-refractivity contribution < 1.29 is 0 Å². The number of hydrogen-bond donors (Lipinski definition) is 0. The molecular weight excluding hydrogens is 300 g/mol. The van der Waals surface area contributed by atoms with Crippen molar-refractivity contribution in [2.24, 2.45) is 0 Å². The van der Waals surface area contributed by atoms with Crippen molar-refractivity contribution in [3.63, 3.8) is 0 Å². The van der Waals surface area contributed by atoms with Crippen molar-refractivity contribution in [2.45, 2.75) is 126 Å². The van der Waals surface area contributed by atoms with Gasteiger partial charge in [0, 0.05) is 0 Å². The Bertz CT molecular complexity index is 408. The van der Waals surface area contributed by atoms with E-state index in [9.17, 15) is 0 Å². The molecule has 1 unspecified atom stereocenters. The zero-order valence-corrected chi connectivity index (χ0v) is 19.6. The lowest BCUT2D eigenvalue weighted by atomic mass is 9.77. The maximum atomic E-state index is 2.46. The molecule has 0 amide bonds. The molecule has 0 saturated heterocycles. The van der Waals surface area contributed by atoms with Crippen LogP contribution in [0.2, 0.25) is 0 Å². The van der Waals surface area contributed by atoms with Crippen molar-refractivity contribution in [1.29, 1.82) is 0 Å². The van der Waals surface area contributed by atoms with E-state index < -0.39 is 0 Å². The highest BCUT2D eigenvalue weighted by Crippen LogP contribution is 2.34. The molecule has 1 atom stereocenters. The molecule has 148 valence electrons. The van der Waals surface area contributed by atoms with Crippen LogP contribution in [0.3, 0.4) is 0 Å². The minimum Gasteiger partial charge on any atom is -0.0683 e. The van der Waals surface area contributed by atoms with Gasteiger partial charge in [-0.05, 0) is 46.3 Å². The minimum atomic E-state index is 0.223. The standard InChI is InChI=1S/C20H34.C3H8.C2H6/c1-9-11-15(10-2)16-12-17(19(3,4)5)14-18(13-16)20(6,7)8;1-3-2;1-2/h12-15H,9-11H2,1-8H3;3H2,1-2H3;1-2H3. The van der Waals surface area contributed by atoms with Gasteiger partial charge >= 0.3 is 0 Å². The second-order valence-electron chi connectivity index (χ2n) is 8.94. The predicted molar refractivity (Wildman–Crippen MR) is 119 cm³/mol. The quantitative estimate of drug-likeness (QED) is 0.509. The van der Waals surface area contributed by atoms with Gasteiger partial charge in [-0.1, -0.05) is 114 Å². The first-order valence-corrected chi connectivity index (χ1v) is 10.7. The summed E-state index contributed by atoms with van der Waals surface area (Å²) in [4.78, 5) is 0. The van der Waals surface area contributed by atoms with Crippen LogP contribution in [0.5, 0.6) is 0 Å². The van der Waals surface area contributed by atoms with E-state index in [0.717, 1.165) is 0 Å². The molecule has 0 nitrogen and oxygen atoms in total. The van der Waals surface area contributed by atoms with Crippen LogP contribution in [-0.4, -0.2) is 0 Å². The van der Waals surface area contributed by atoms with Crippen molar-refractivity contribution >= 4 is 0 Å². The topological polar surface area (TPSA) is 0 Å². The molecule has 0 aliphatic carbocycles. The highest BCUT2D eigenvalue weighted by molar-refractivity contribution is 5.38. The van der Waals surface area contributed by atoms with E-state index in [1.54, 1.807) is 5.56 Å². The van der Waals surface area contributed by atoms with E-state index in [4.69, 9.17) is 0 Å². The molecule has 0 heteroatoms. The molecule has 0 aromatic heterocycles. The molecular formula is C25H48. The summed E-state index contributed by atoms with van der Waals surface area (Å²) < 4.78 is 0. The number of rotatable bonds is 4. The molecule has 1 rings (SSSR count). The Kier molecular flexibility index (Phi) is 13.3. The van der Waals surface area contributed by atoms with Crippen molar-refractivity contribution in [1.82, 2.24) is 0 Å². The fourth-order valence-corrected chi connectivity index (χ4v) is 2.71. The van der Waals surface area contributed by atoms with Crippen molar-refractivity contribution in [3.05, 3.63) is 34.9 Å². The van der Waals surface area contributed by atoms with E-state index >= 15 is 0 Å². The number of hydrogen-bond acceptors (Lipinski definition) is 0. The van der Waals surface area contributed by atoms with Gasteiger partial charge in [0.05, 0.1) is 0 Å². The van der Waals surface area contributed by atoms with E-state index in [2.05, 4.69) is 87.4 Å². The Morgan fingerprint density at radius 1 is 0.720 bits per heavy atom. The van der Waals surface area contributed by atoms with Crippen LogP contribution in [-0.2, 0) is 10.8 Å². The Morgan fingerprint density at radius 2 is 1.08 bits per heavy atom. The Balaban J connectivity index is 0. The molecule has 0 aliphatic heterocycles. The third-order valence-electron chi connectivity index (χ3n) is 4.29. The third kappa shape index (κ3) is 10.1. The van der Waals surface area contributed by atoms with Gasteiger partial charge in [-0.2, -0.15) is 0 Å². The normalized spacial score (nSPS) is 12.5. The summed E-state index contributed by atoms with van der Waals surface area (Å²) in [7, 11) is 0. The van der Waals surface area contributed by atoms with Gasteiger partial charge in [0.15, 0.2) is 0 Å². The van der Waals surface area contributed by atoms with Crippen LogP contribution in [0.15, 0.2) is 18.2 Å². The maximum Gasteiger partial charge on any atom is -0.0132 e. The Hall–Kier alpha value is -0.780. The molecule has 0 heterocycles. The second kappa shape index (κ2) is 12.6. The van der Waals surface area contributed by atoms with Crippen molar-refractivity contribution in [3.8, 4) is 0 Å². The Morgan fingerprint density at radius 3 is 1.32 bits per heavy atom. The molecule has 0 spiro atoms. The SMILES string of the molecule is CC.CCC.CCCC(CC)c1cc(C(C)(C)C)cc(C(C)(C)C)c1. The molecule has 25 heavy (non-hydrogen) atoms. The van der Waals surface area contributed by atoms with Crippen LogP contribution in [0, 0.1) is 0 Å². The summed E-state index contributed by atoms with van der Waals surface area (Å²) in [6.07, 6.45) is 5.06. The molecule has 1 aromatic rings. The average Bonchev–Trinajstić information content (AvgIpc) is 2.53. The summed E-state index contributed by atoms with van der Waals surface area (Å²) in [5.74, 6) is 0.711. The van der Waals surface area contributed by atoms with E-state index in [-0.39, 0.29) is 10.8 Å². The first-order chi connectivity index (χ1) is 11.5. The fraction of sp³-hybridized carbons (Fsp3) is 0.760. The van der Waals surface area contributed by atoms with Gasteiger partial charge in [0.25, 0.3) is 0 Å². The first kappa shape index (κ1) is 26.4. The molecule has 0 saturated carbocycles. The summed E-state index contributed by atoms with van der Waals surface area (Å²) in [6, 6.07) is 7.33. The summed E-state index contributed by atoms with van der Waals surface area (Å²) >= 11 is 0. The smallest absolute Gasteiger partial charge is 0.0132 e. The van der Waals surface area contributed by atoms with Crippen LogP contribution < -0.4 is 0 Å². The van der Waals surface area contributed by atoms with Gasteiger partial charge < -0.3 is 0 Å². The monoisotopic (exact) mass is 348 g/mol. The molecule has 0 bridgehead atoms. The highest BCUT2D eigenvalue weighted by Gasteiger charge is 2.22. The van der Waals surface area contributed by atoms with Crippen LogP contribution >= 0.6 is 0 Å². The van der Waals surface area contributed by atoms with E-state index in [1.807, 2.05) is 13.8 Å². The number of benzene rings is 1. The van der Waals surface area contributed by atoms with E-state index in [0.29, 0.717) is 5.92 Å². The first-order valence-electron chi connectivity index (χ1n) is 10.7. The van der Waals surface area contributed by atoms with Crippen LogP contribution in [0.25, 0.3) is 0 Å². The summed E-state index contributed by atoms with van der Waals surface area (Å²) in [6.45, 7) is 26.8. The Labute approximate surface area is 160 Å². The zero-order chi connectivity index (χ0) is 20.3. The third-order valence-corrected chi connectivity index (χ3v) is 4.29. The second-order valence-corrected chi connectivity index (χ2v) is 8.94. The fourth-order valence-electron chi connectivity index (χ4n) is 2.71. The van der Waals surface area contributed by atoms with Gasteiger partial charge in [-0.25, -0.2) is 0 Å². The van der Waals surface area contributed by atoms with Crippen LogP contribution in [0.1, 0.15) is 131 Å². The van der Waals surface area contributed by atoms with Gasteiger partial charge in [-0.3, -0.25) is 0 Å². The lowest BCUT2D eigenvalue weighted by Gasteiger charge is -2.28. The summed E-state index contributed by atoms with van der Waals surface area (Å²) in [5, 5.41) is 0.